The van der Waals surface area contributed by atoms with E-state index >= 15 is 0 Å². The highest BCUT2D eigenvalue weighted by Crippen LogP contribution is 2.35. The Bertz CT molecular complexity index is 793. The normalized spacial score (nSPS) is 23.7. The minimum atomic E-state index is -0.0870. The van der Waals surface area contributed by atoms with Gasteiger partial charge in [-0.05, 0) is 31.9 Å². The molecule has 2 saturated heterocycles. The number of amides is 2. The van der Waals surface area contributed by atoms with Crippen LogP contribution in [-0.4, -0.2) is 45.1 Å². The lowest BCUT2D eigenvalue weighted by Crippen LogP contribution is -2.53. The van der Waals surface area contributed by atoms with E-state index in [4.69, 9.17) is 4.42 Å². The first-order valence-electron chi connectivity index (χ1n) is 8.22. The van der Waals surface area contributed by atoms with Crippen molar-refractivity contribution < 1.29 is 14.0 Å². The SMILES string of the molecule is Cc1ccc(C(=O)N2CC[C@@H]3[C@H]2CCC(=O)N3c2cnn(C)c2)o1. The van der Waals surface area contributed by atoms with Crippen LogP contribution < -0.4 is 4.90 Å². The highest BCUT2D eigenvalue weighted by molar-refractivity contribution is 5.96. The molecule has 7 heteroatoms. The van der Waals surface area contributed by atoms with Crippen LogP contribution in [0.25, 0.3) is 0 Å². The molecule has 2 amide bonds. The Morgan fingerprint density at radius 1 is 1.29 bits per heavy atom. The summed E-state index contributed by atoms with van der Waals surface area (Å²) in [4.78, 5) is 28.9. The molecule has 0 saturated carbocycles. The lowest BCUT2D eigenvalue weighted by molar-refractivity contribution is -0.120. The largest absolute Gasteiger partial charge is 0.456 e. The number of rotatable bonds is 2. The van der Waals surface area contributed by atoms with Crippen molar-refractivity contribution in [2.24, 2.45) is 7.05 Å². The molecule has 4 heterocycles. The van der Waals surface area contributed by atoms with Gasteiger partial charge in [-0.3, -0.25) is 14.3 Å². The van der Waals surface area contributed by atoms with Crippen LogP contribution in [0.15, 0.2) is 28.9 Å². The molecule has 0 aromatic carbocycles. The van der Waals surface area contributed by atoms with Crippen molar-refractivity contribution in [2.75, 3.05) is 11.4 Å². The van der Waals surface area contributed by atoms with Gasteiger partial charge in [0.15, 0.2) is 5.76 Å². The predicted octanol–water partition coefficient (Wildman–Crippen LogP) is 1.73. The Balaban J connectivity index is 1.60. The van der Waals surface area contributed by atoms with Gasteiger partial charge in [-0.1, -0.05) is 0 Å². The zero-order chi connectivity index (χ0) is 16.8. The molecule has 0 aliphatic carbocycles. The number of furan rings is 1. The lowest BCUT2D eigenvalue weighted by atomic mass is 9.96. The average Bonchev–Trinajstić information content (AvgIpc) is 3.26. The second-order valence-electron chi connectivity index (χ2n) is 6.51. The Morgan fingerprint density at radius 3 is 2.79 bits per heavy atom. The fraction of sp³-hybridized carbons (Fsp3) is 0.471. The van der Waals surface area contributed by atoms with Crippen molar-refractivity contribution in [3.63, 3.8) is 0 Å². The maximum absolute atomic E-state index is 12.8. The molecule has 2 aromatic rings. The van der Waals surface area contributed by atoms with Crippen molar-refractivity contribution in [1.82, 2.24) is 14.7 Å². The van der Waals surface area contributed by atoms with Gasteiger partial charge >= 0.3 is 0 Å². The standard InChI is InChI=1S/C17H20N4O3/c1-11-3-5-15(24-11)17(23)20-8-7-14-13(20)4-6-16(22)21(14)12-9-18-19(2)10-12/h3,5,9-10,13-14H,4,6-8H2,1-2H3/t13-,14-/m1/s1. The van der Waals surface area contributed by atoms with Crippen LogP contribution >= 0.6 is 0 Å². The zero-order valence-corrected chi connectivity index (χ0v) is 13.8. The number of anilines is 1. The molecule has 0 N–H and O–H groups in total. The monoisotopic (exact) mass is 328 g/mol. The molecule has 2 aromatic heterocycles. The summed E-state index contributed by atoms with van der Waals surface area (Å²) in [6, 6.07) is 3.56. The summed E-state index contributed by atoms with van der Waals surface area (Å²) in [6.45, 7) is 2.46. The summed E-state index contributed by atoms with van der Waals surface area (Å²) in [5.74, 6) is 1.12. The highest BCUT2D eigenvalue weighted by Gasteiger charge is 2.46. The van der Waals surface area contributed by atoms with Crippen molar-refractivity contribution >= 4 is 17.5 Å². The Morgan fingerprint density at radius 2 is 2.12 bits per heavy atom. The van der Waals surface area contributed by atoms with Gasteiger partial charge in [0.2, 0.25) is 5.91 Å². The quantitative estimate of drug-likeness (QED) is 0.842. The van der Waals surface area contributed by atoms with E-state index in [-0.39, 0.29) is 23.9 Å². The first-order valence-corrected chi connectivity index (χ1v) is 8.22. The van der Waals surface area contributed by atoms with Gasteiger partial charge in [0.25, 0.3) is 5.91 Å². The summed E-state index contributed by atoms with van der Waals surface area (Å²) in [7, 11) is 1.83. The summed E-state index contributed by atoms with van der Waals surface area (Å²) in [6.07, 6.45) is 5.47. The Kier molecular flexibility index (Phi) is 3.44. The number of carbonyl (C=O) groups excluding carboxylic acids is 2. The molecule has 2 aliphatic heterocycles. The van der Waals surface area contributed by atoms with Gasteiger partial charge in [-0.15, -0.1) is 0 Å². The second-order valence-corrected chi connectivity index (χ2v) is 6.51. The van der Waals surface area contributed by atoms with Gasteiger partial charge in [0.05, 0.1) is 24.0 Å². The molecule has 0 unspecified atom stereocenters. The van der Waals surface area contributed by atoms with Gasteiger partial charge in [0.1, 0.15) is 5.76 Å². The van der Waals surface area contributed by atoms with Crippen LogP contribution in [0.1, 0.15) is 35.6 Å². The number of piperidine rings is 1. The van der Waals surface area contributed by atoms with E-state index in [1.54, 1.807) is 23.0 Å². The molecule has 0 spiro atoms. The Labute approximate surface area is 139 Å². The van der Waals surface area contributed by atoms with E-state index in [0.29, 0.717) is 25.1 Å². The lowest BCUT2D eigenvalue weighted by Gasteiger charge is -2.38. The van der Waals surface area contributed by atoms with Crippen LogP contribution in [0, 0.1) is 6.92 Å². The molecular weight excluding hydrogens is 308 g/mol. The molecule has 126 valence electrons. The van der Waals surface area contributed by atoms with Gasteiger partial charge in [-0.2, -0.15) is 5.10 Å². The molecule has 24 heavy (non-hydrogen) atoms. The number of carbonyl (C=O) groups is 2. The summed E-state index contributed by atoms with van der Waals surface area (Å²) in [5, 5.41) is 4.17. The maximum atomic E-state index is 12.8. The van der Waals surface area contributed by atoms with Crippen molar-refractivity contribution in [1.29, 1.82) is 0 Å². The molecule has 7 nitrogen and oxygen atoms in total. The van der Waals surface area contributed by atoms with E-state index in [1.807, 2.05) is 30.0 Å². The van der Waals surface area contributed by atoms with Crippen LogP contribution in [0.3, 0.4) is 0 Å². The number of hydrogen-bond acceptors (Lipinski definition) is 4. The summed E-state index contributed by atoms with van der Waals surface area (Å²) >= 11 is 0. The highest BCUT2D eigenvalue weighted by atomic mass is 16.3. The van der Waals surface area contributed by atoms with Crippen molar-refractivity contribution in [2.45, 2.75) is 38.3 Å². The number of nitrogens with zero attached hydrogens (tertiary/aromatic N) is 4. The van der Waals surface area contributed by atoms with Gasteiger partial charge in [0, 0.05) is 26.2 Å². The number of fused-ring (bicyclic) bond motifs is 1. The fourth-order valence-corrected chi connectivity index (χ4v) is 3.87. The third-order valence-electron chi connectivity index (χ3n) is 4.95. The first kappa shape index (κ1) is 15.0. The van der Waals surface area contributed by atoms with Crippen LogP contribution in [0.5, 0.6) is 0 Å². The second kappa shape index (κ2) is 5.51. The van der Waals surface area contributed by atoms with E-state index < -0.39 is 0 Å². The molecule has 4 rings (SSSR count). The maximum Gasteiger partial charge on any atom is 0.289 e. The minimum absolute atomic E-state index is 0.00968. The zero-order valence-electron chi connectivity index (χ0n) is 13.8. The number of likely N-dealkylation sites (tertiary alicyclic amines) is 1. The number of aryl methyl sites for hydroxylation is 2. The summed E-state index contributed by atoms with van der Waals surface area (Å²) < 4.78 is 7.18. The molecule has 2 atom stereocenters. The fourth-order valence-electron chi connectivity index (χ4n) is 3.87. The molecule has 2 aliphatic rings. The third-order valence-corrected chi connectivity index (χ3v) is 4.95. The van der Waals surface area contributed by atoms with Crippen LogP contribution in [-0.2, 0) is 11.8 Å². The smallest absolute Gasteiger partial charge is 0.289 e. The van der Waals surface area contributed by atoms with E-state index in [0.717, 1.165) is 17.9 Å². The van der Waals surface area contributed by atoms with E-state index in [2.05, 4.69) is 5.10 Å². The summed E-state index contributed by atoms with van der Waals surface area (Å²) in [5.41, 5.74) is 0.806. The average molecular weight is 328 g/mol. The van der Waals surface area contributed by atoms with Crippen LogP contribution in [0.4, 0.5) is 5.69 Å². The van der Waals surface area contributed by atoms with E-state index in [9.17, 15) is 9.59 Å². The molecule has 0 bridgehead atoms. The van der Waals surface area contributed by atoms with E-state index in [1.165, 1.54) is 0 Å². The van der Waals surface area contributed by atoms with Gasteiger partial charge in [-0.25, -0.2) is 0 Å². The predicted molar refractivity (Wildman–Crippen MR) is 86.6 cm³/mol. The number of aromatic nitrogens is 2. The van der Waals surface area contributed by atoms with Gasteiger partial charge < -0.3 is 14.2 Å². The number of hydrogen-bond donors (Lipinski definition) is 0. The minimum Gasteiger partial charge on any atom is -0.456 e. The molecular formula is C17H20N4O3. The van der Waals surface area contributed by atoms with Crippen LogP contribution in [0.2, 0.25) is 0 Å². The van der Waals surface area contributed by atoms with Crippen molar-refractivity contribution in [3.05, 3.63) is 36.0 Å². The molecule has 2 fully saturated rings. The Hall–Kier alpha value is -2.57. The first-order chi connectivity index (χ1) is 11.5. The third kappa shape index (κ3) is 2.31. The molecule has 0 radical (unpaired) electrons. The van der Waals surface area contributed by atoms with Crippen molar-refractivity contribution in [3.8, 4) is 0 Å². The topological polar surface area (TPSA) is 71.6 Å².